The van der Waals surface area contributed by atoms with Crippen LogP contribution in [0.1, 0.15) is 31.2 Å². The second kappa shape index (κ2) is 6.19. The number of ether oxygens (including phenoxy) is 1. The van der Waals surface area contributed by atoms with Gasteiger partial charge >= 0.3 is 0 Å². The second-order valence-corrected chi connectivity index (χ2v) is 5.13. The molecule has 1 aliphatic rings. The van der Waals surface area contributed by atoms with E-state index in [1.807, 2.05) is 13.1 Å². The second-order valence-electron chi connectivity index (χ2n) is 5.13. The van der Waals surface area contributed by atoms with Gasteiger partial charge < -0.3 is 10.1 Å². The lowest BCUT2D eigenvalue weighted by Crippen LogP contribution is -2.29. The monoisotopic (exact) mass is 251 g/mol. The minimum Gasteiger partial charge on any atom is -0.493 e. The quantitative estimate of drug-likeness (QED) is 0.867. The van der Waals surface area contributed by atoms with Gasteiger partial charge in [0.1, 0.15) is 11.6 Å². The fraction of sp³-hybridized carbons (Fsp3) is 0.600. The summed E-state index contributed by atoms with van der Waals surface area (Å²) in [5.74, 6) is 1.14. The number of halogens is 1. The van der Waals surface area contributed by atoms with Crippen LogP contribution in [-0.4, -0.2) is 19.7 Å². The third kappa shape index (κ3) is 3.22. The van der Waals surface area contributed by atoms with E-state index in [-0.39, 0.29) is 5.82 Å². The molecule has 2 rings (SSSR count). The molecule has 0 spiro atoms. The molecule has 1 N–H and O–H groups in total. The van der Waals surface area contributed by atoms with Crippen LogP contribution in [0.25, 0.3) is 0 Å². The zero-order chi connectivity index (χ0) is 13.0. The first-order valence-corrected chi connectivity index (χ1v) is 6.77. The van der Waals surface area contributed by atoms with Crippen molar-refractivity contribution in [3.05, 3.63) is 29.6 Å². The highest BCUT2D eigenvalue weighted by Gasteiger charge is 2.25. The molecule has 100 valence electrons. The largest absolute Gasteiger partial charge is 0.493 e. The highest BCUT2D eigenvalue weighted by Crippen LogP contribution is 2.28. The van der Waals surface area contributed by atoms with Gasteiger partial charge in [-0.05, 0) is 50.8 Å². The molecular formula is C15H22FNO. The third-order valence-corrected chi connectivity index (χ3v) is 3.93. The standard InChI is InChI=1S/C15H22FNO/c1-11-6-7-13(10-14(11)16)18-9-8-12-4-3-5-15(12)17-2/h6-7,10,12,15,17H,3-5,8-9H2,1-2H3. The molecule has 1 aromatic carbocycles. The SMILES string of the molecule is CNC1CCCC1CCOc1ccc(C)c(F)c1. The minimum absolute atomic E-state index is 0.193. The molecule has 0 bridgehead atoms. The highest BCUT2D eigenvalue weighted by atomic mass is 19.1. The smallest absolute Gasteiger partial charge is 0.129 e. The van der Waals surface area contributed by atoms with E-state index in [1.54, 1.807) is 13.0 Å². The number of rotatable bonds is 5. The summed E-state index contributed by atoms with van der Waals surface area (Å²) in [7, 11) is 2.03. The molecule has 0 radical (unpaired) electrons. The zero-order valence-corrected chi connectivity index (χ0v) is 11.2. The van der Waals surface area contributed by atoms with Crippen molar-refractivity contribution in [3.8, 4) is 5.75 Å². The van der Waals surface area contributed by atoms with Crippen molar-refractivity contribution in [1.82, 2.24) is 5.32 Å². The normalized spacial score (nSPS) is 23.3. The Hall–Kier alpha value is -1.09. The van der Waals surface area contributed by atoms with Crippen molar-refractivity contribution in [3.63, 3.8) is 0 Å². The minimum atomic E-state index is -0.193. The van der Waals surface area contributed by atoms with Crippen LogP contribution in [0.15, 0.2) is 18.2 Å². The summed E-state index contributed by atoms with van der Waals surface area (Å²) < 4.78 is 19.0. The fourth-order valence-electron chi connectivity index (χ4n) is 2.75. The molecule has 0 heterocycles. The van der Waals surface area contributed by atoms with Crippen LogP contribution in [-0.2, 0) is 0 Å². The van der Waals surface area contributed by atoms with Gasteiger partial charge in [-0.2, -0.15) is 0 Å². The summed E-state index contributed by atoms with van der Waals surface area (Å²) in [6, 6.07) is 5.70. The van der Waals surface area contributed by atoms with Crippen LogP contribution >= 0.6 is 0 Å². The number of nitrogens with one attached hydrogen (secondary N) is 1. The van der Waals surface area contributed by atoms with Gasteiger partial charge in [0.2, 0.25) is 0 Å². The third-order valence-electron chi connectivity index (χ3n) is 3.93. The molecule has 0 aliphatic heterocycles. The molecule has 1 aliphatic carbocycles. The average molecular weight is 251 g/mol. The Balaban J connectivity index is 1.79. The van der Waals surface area contributed by atoms with Gasteiger partial charge in [-0.3, -0.25) is 0 Å². The van der Waals surface area contributed by atoms with Crippen molar-refractivity contribution in [1.29, 1.82) is 0 Å². The van der Waals surface area contributed by atoms with Crippen molar-refractivity contribution in [2.24, 2.45) is 5.92 Å². The van der Waals surface area contributed by atoms with Crippen LogP contribution in [0.4, 0.5) is 4.39 Å². The van der Waals surface area contributed by atoms with Crippen LogP contribution < -0.4 is 10.1 Å². The number of benzene rings is 1. The van der Waals surface area contributed by atoms with Gasteiger partial charge in [0.05, 0.1) is 6.61 Å². The summed E-state index contributed by atoms with van der Waals surface area (Å²) in [4.78, 5) is 0. The molecule has 1 aromatic rings. The molecular weight excluding hydrogens is 229 g/mol. The van der Waals surface area contributed by atoms with Crippen LogP contribution in [0.5, 0.6) is 5.75 Å². The van der Waals surface area contributed by atoms with Gasteiger partial charge in [-0.25, -0.2) is 4.39 Å². The van der Waals surface area contributed by atoms with Crippen molar-refractivity contribution in [2.75, 3.05) is 13.7 Å². The lowest BCUT2D eigenvalue weighted by atomic mass is 10.0. The van der Waals surface area contributed by atoms with E-state index >= 15 is 0 Å². The Bertz CT molecular complexity index is 394. The molecule has 2 nitrogen and oxygen atoms in total. The Morgan fingerprint density at radius 3 is 2.94 bits per heavy atom. The van der Waals surface area contributed by atoms with E-state index in [0.29, 0.717) is 29.9 Å². The maximum atomic E-state index is 13.3. The van der Waals surface area contributed by atoms with Gasteiger partial charge in [0, 0.05) is 12.1 Å². The number of hydrogen-bond acceptors (Lipinski definition) is 2. The van der Waals surface area contributed by atoms with E-state index in [9.17, 15) is 4.39 Å². The van der Waals surface area contributed by atoms with Gasteiger partial charge in [-0.1, -0.05) is 12.5 Å². The lowest BCUT2D eigenvalue weighted by molar-refractivity contribution is 0.262. The van der Waals surface area contributed by atoms with Gasteiger partial charge in [0.15, 0.2) is 0 Å². The summed E-state index contributed by atoms with van der Waals surface area (Å²) in [5, 5.41) is 3.36. The zero-order valence-electron chi connectivity index (χ0n) is 11.2. The Morgan fingerprint density at radius 2 is 2.22 bits per heavy atom. The Labute approximate surface area is 109 Å². The van der Waals surface area contributed by atoms with Crippen molar-refractivity contribution in [2.45, 2.75) is 38.6 Å². The van der Waals surface area contributed by atoms with Gasteiger partial charge in [0.25, 0.3) is 0 Å². The van der Waals surface area contributed by atoms with E-state index in [1.165, 1.54) is 25.3 Å². The van der Waals surface area contributed by atoms with E-state index in [4.69, 9.17) is 4.74 Å². The van der Waals surface area contributed by atoms with E-state index < -0.39 is 0 Å². The Kier molecular flexibility index (Phi) is 4.59. The first kappa shape index (κ1) is 13.3. The van der Waals surface area contributed by atoms with Crippen molar-refractivity contribution < 1.29 is 9.13 Å². The Morgan fingerprint density at radius 1 is 1.39 bits per heavy atom. The topological polar surface area (TPSA) is 21.3 Å². The predicted molar refractivity (Wildman–Crippen MR) is 71.4 cm³/mol. The first-order chi connectivity index (χ1) is 8.70. The summed E-state index contributed by atoms with van der Waals surface area (Å²) in [6.45, 7) is 2.43. The number of aryl methyl sites for hydroxylation is 1. The highest BCUT2D eigenvalue weighted by molar-refractivity contribution is 5.27. The molecule has 3 heteroatoms. The molecule has 0 amide bonds. The maximum absolute atomic E-state index is 13.3. The number of hydrogen-bond donors (Lipinski definition) is 1. The van der Waals surface area contributed by atoms with Crippen LogP contribution in [0.2, 0.25) is 0 Å². The van der Waals surface area contributed by atoms with E-state index in [2.05, 4.69) is 5.32 Å². The molecule has 2 atom stereocenters. The maximum Gasteiger partial charge on any atom is 0.129 e. The lowest BCUT2D eigenvalue weighted by Gasteiger charge is -2.18. The molecule has 0 aromatic heterocycles. The fourth-order valence-corrected chi connectivity index (χ4v) is 2.75. The summed E-state index contributed by atoms with van der Waals surface area (Å²) >= 11 is 0. The summed E-state index contributed by atoms with van der Waals surface area (Å²) in [5.41, 5.74) is 0.661. The molecule has 0 saturated heterocycles. The van der Waals surface area contributed by atoms with Crippen LogP contribution in [0, 0.1) is 18.7 Å². The predicted octanol–water partition coefficient (Wildman–Crippen LogP) is 3.29. The van der Waals surface area contributed by atoms with Crippen molar-refractivity contribution >= 4 is 0 Å². The van der Waals surface area contributed by atoms with Gasteiger partial charge in [-0.15, -0.1) is 0 Å². The molecule has 18 heavy (non-hydrogen) atoms. The van der Waals surface area contributed by atoms with Crippen LogP contribution in [0.3, 0.4) is 0 Å². The molecule has 1 fully saturated rings. The summed E-state index contributed by atoms with van der Waals surface area (Å²) in [6.07, 6.45) is 4.88. The first-order valence-electron chi connectivity index (χ1n) is 6.77. The van der Waals surface area contributed by atoms with E-state index in [0.717, 1.165) is 6.42 Å². The molecule has 2 unspecified atom stereocenters. The average Bonchev–Trinajstić information content (AvgIpc) is 2.81. The molecule has 1 saturated carbocycles.